The Morgan fingerprint density at radius 3 is 2.10 bits per heavy atom. The molecule has 21 heavy (non-hydrogen) atoms. The van der Waals surface area contributed by atoms with Gasteiger partial charge in [-0.15, -0.1) is 0 Å². The number of rotatable bonds is 10. The molecule has 0 rings (SSSR count). The first-order chi connectivity index (χ1) is 9.88. The molecule has 0 fully saturated rings. The van der Waals surface area contributed by atoms with Crippen molar-refractivity contribution in [3.05, 3.63) is 12.2 Å². The molecule has 124 valence electrons. The molecule has 0 aliphatic heterocycles. The average Bonchev–Trinajstić information content (AvgIpc) is 2.43. The van der Waals surface area contributed by atoms with E-state index in [9.17, 15) is 4.79 Å². The number of hydrogen-bond acceptors (Lipinski definition) is 1. The molecule has 2 heteroatoms. The molecule has 0 spiro atoms. The summed E-state index contributed by atoms with van der Waals surface area (Å²) in [6.45, 7) is 16.0. The lowest BCUT2D eigenvalue weighted by atomic mass is 9.91. The highest BCUT2D eigenvalue weighted by atomic mass is 16.2. The molecule has 0 bridgehead atoms. The second kappa shape index (κ2) is 10.9. The summed E-state index contributed by atoms with van der Waals surface area (Å²) in [4.78, 5) is 14.8. The van der Waals surface area contributed by atoms with Gasteiger partial charge in [-0.2, -0.15) is 0 Å². The van der Waals surface area contributed by atoms with Gasteiger partial charge in [-0.1, -0.05) is 53.2 Å². The number of nitrogens with zero attached hydrogens (tertiary/aromatic N) is 1. The minimum Gasteiger partial charge on any atom is -0.340 e. The molecule has 1 amide bonds. The highest BCUT2D eigenvalue weighted by molar-refractivity contribution is 5.78. The van der Waals surface area contributed by atoms with Crippen LogP contribution in [0.25, 0.3) is 0 Å². The molecule has 0 aliphatic carbocycles. The van der Waals surface area contributed by atoms with Crippen LogP contribution in [0.2, 0.25) is 0 Å². The molecule has 0 aliphatic rings. The topological polar surface area (TPSA) is 20.3 Å². The third kappa shape index (κ3) is 7.15. The third-order valence-electron chi connectivity index (χ3n) is 4.41. The molecule has 0 aromatic carbocycles. The summed E-state index contributed by atoms with van der Waals surface area (Å²) < 4.78 is 0. The van der Waals surface area contributed by atoms with E-state index < -0.39 is 0 Å². The van der Waals surface area contributed by atoms with Crippen molar-refractivity contribution in [1.29, 1.82) is 0 Å². The van der Waals surface area contributed by atoms with E-state index in [4.69, 9.17) is 0 Å². The molecular formula is C19H37NO. The van der Waals surface area contributed by atoms with Crippen molar-refractivity contribution in [2.75, 3.05) is 6.54 Å². The van der Waals surface area contributed by atoms with Crippen LogP contribution in [-0.4, -0.2) is 23.4 Å². The van der Waals surface area contributed by atoms with Crippen molar-refractivity contribution < 1.29 is 4.79 Å². The molecule has 0 N–H and O–H groups in total. The van der Waals surface area contributed by atoms with Crippen LogP contribution in [0.1, 0.15) is 74.1 Å². The van der Waals surface area contributed by atoms with Crippen LogP contribution in [0.3, 0.4) is 0 Å². The smallest absolute Gasteiger partial charge is 0.225 e. The van der Waals surface area contributed by atoms with E-state index in [0.717, 1.165) is 32.2 Å². The van der Waals surface area contributed by atoms with E-state index in [1.165, 1.54) is 0 Å². The number of carbonyl (C=O) groups is 1. The van der Waals surface area contributed by atoms with Crippen molar-refractivity contribution >= 4 is 5.91 Å². The van der Waals surface area contributed by atoms with E-state index in [1.54, 1.807) is 0 Å². The molecule has 0 aromatic heterocycles. The molecule has 2 nitrogen and oxygen atoms in total. The summed E-state index contributed by atoms with van der Waals surface area (Å²) in [5.74, 6) is 1.60. The van der Waals surface area contributed by atoms with Crippen molar-refractivity contribution in [1.82, 2.24) is 4.90 Å². The maximum atomic E-state index is 12.7. The quantitative estimate of drug-likeness (QED) is 0.502. The van der Waals surface area contributed by atoms with Crippen LogP contribution in [-0.2, 0) is 4.79 Å². The van der Waals surface area contributed by atoms with Gasteiger partial charge in [-0.25, -0.2) is 0 Å². The predicted molar refractivity (Wildman–Crippen MR) is 93.3 cm³/mol. The first kappa shape index (κ1) is 20.2. The van der Waals surface area contributed by atoms with Gasteiger partial charge in [-0.05, 0) is 44.9 Å². The normalized spacial score (nSPS) is 16.2. The molecule has 0 saturated carbocycles. The Hall–Kier alpha value is -0.790. The van der Waals surface area contributed by atoms with Gasteiger partial charge in [0.2, 0.25) is 5.91 Å². The Morgan fingerprint density at radius 2 is 1.67 bits per heavy atom. The fraction of sp³-hybridized carbons (Fsp3) is 0.842. The fourth-order valence-electron chi connectivity index (χ4n) is 3.13. The summed E-state index contributed by atoms with van der Waals surface area (Å²) in [6, 6.07) is 0.323. The monoisotopic (exact) mass is 295 g/mol. The van der Waals surface area contributed by atoms with E-state index in [0.29, 0.717) is 23.8 Å². The molecule has 0 saturated heterocycles. The summed E-state index contributed by atoms with van der Waals surface area (Å²) in [5.41, 5.74) is 0. The minimum atomic E-state index is 0.135. The Kier molecular flexibility index (Phi) is 10.5. The Labute approximate surface area is 133 Å². The SMILES string of the molecule is CCC=CCC(CC)C(C)N(CC)C(=O)C(C)CC(C)C. The van der Waals surface area contributed by atoms with E-state index >= 15 is 0 Å². The third-order valence-corrected chi connectivity index (χ3v) is 4.41. The zero-order chi connectivity index (χ0) is 16.4. The van der Waals surface area contributed by atoms with Crippen LogP contribution in [0.5, 0.6) is 0 Å². The number of carbonyl (C=O) groups excluding carboxylic acids is 1. The van der Waals surface area contributed by atoms with Crippen molar-refractivity contribution in [2.24, 2.45) is 17.8 Å². The van der Waals surface area contributed by atoms with E-state index in [-0.39, 0.29) is 5.92 Å². The Morgan fingerprint density at radius 1 is 1.05 bits per heavy atom. The Balaban J connectivity index is 4.80. The van der Waals surface area contributed by atoms with Gasteiger partial charge in [-0.3, -0.25) is 4.79 Å². The summed E-state index contributed by atoms with van der Waals surface area (Å²) in [5, 5.41) is 0. The van der Waals surface area contributed by atoms with Crippen LogP contribution in [0, 0.1) is 17.8 Å². The number of hydrogen-bond donors (Lipinski definition) is 0. The lowest BCUT2D eigenvalue weighted by Crippen LogP contribution is -2.45. The molecule has 0 radical (unpaired) electrons. The van der Waals surface area contributed by atoms with Crippen LogP contribution in [0.15, 0.2) is 12.2 Å². The van der Waals surface area contributed by atoms with Gasteiger partial charge in [0, 0.05) is 18.5 Å². The lowest BCUT2D eigenvalue weighted by Gasteiger charge is -2.35. The maximum absolute atomic E-state index is 12.7. The average molecular weight is 296 g/mol. The van der Waals surface area contributed by atoms with Crippen molar-refractivity contribution in [3.8, 4) is 0 Å². The molecule has 0 heterocycles. The molecule has 3 unspecified atom stereocenters. The molecular weight excluding hydrogens is 258 g/mol. The second-order valence-corrected chi connectivity index (χ2v) is 6.68. The first-order valence-electron chi connectivity index (χ1n) is 8.84. The van der Waals surface area contributed by atoms with E-state index in [2.05, 4.69) is 65.5 Å². The molecule has 0 aromatic rings. The zero-order valence-corrected chi connectivity index (χ0v) is 15.4. The zero-order valence-electron chi connectivity index (χ0n) is 15.4. The van der Waals surface area contributed by atoms with Gasteiger partial charge in [0.25, 0.3) is 0 Å². The molecule has 3 atom stereocenters. The van der Waals surface area contributed by atoms with E-state index in [1.807, 2.05) is 0 Å². The van der Waals surface area contributed by atoms with Crippen molar-refractivity contribution in [2.45, 2.75) is 80.2 Å². The van der Waals surface area contributed by atoms with Gasteiger partial charge >= 0.3 is 0 Å². The lowest BCUT2D eigenvalue weighted by molar-refractivity contribution is -0.138. The first-order valence-corrected chi connectivity index (χ1v) is 8.84. The van der Waals surface area contributed by atoms with Crippen LogP contribution in [0.4, 0.5) is 0 Å². The van der Waals surface area contributed by atoms with Crippen LogP contribution < -0.4 is 0 Å². The Bertz CT molecular complexity index is 309. The van der Waals surface area contributed by atoms with Crippen molar-refractivity contribution in [3.63, 3.8) is 0 Å². The largest absolute Gasteiger partial charge is 0.340 e. The van der Waals surface area contributed by atoms with Gasteiger partial charge < -0.3 is 4.90 Å². The summed E-state index contributed by atoms with van der Waals surface area (Å²) in [6.07, 6.45) is 8.78. The highest BCUT2D eigenvalue weighted by Crippen LogP contribution is 2.23. The van der Waals surface area contributed by atoms with Crippen LogP contribution >= 0.6 is 0 Å². The van der Waals surface area contributed by atoms with Gasteiger partial charge in [0.1, 0.15) is 0 Å². The maximum Gasteiger partial charge on any atom is 0.225 e. The summed E-state index contributed by atoms with van der Waals surface area (Å²) >= 11 is 0. The number of allylic oxidation sites excluding steroid dienone is 2. The van der Waals surface area contributed by atoms with Gasteiger partial charge in [0.15, 0.2) is 0 Å². The summed E-state index contributed by atoms with van der Waals surface area (Å²) in [7, 11) is 0. The van der Waals surface area contributed by atoms with Gasteiger partial charge in [0.05, 0.1) is 0 Å². The minimum absolute atomic E-state index is 0.135. The second-order valence-electron chi connectivity index (χ2n) is 6.68. The standard InChI is InChI=1S/C19H37NO/c1-8-11-12-13-18(9-2)17(7)20(10-3)19(21)16(6)14-15(4)5/h11-12,15-18H,8-10,13-14H2,1-7H3. The fourth-order valence-corrected chi connectivity index (χ4v) is 3.13. The predicted octanol–water partition coefficient (Wildman–Crippen LogP) is 5.29. The highest BCUT2D eigenvalue weighted by Gasteiger charge is 2.27. The number of amides is 1.